The first-order chi connectivity index (χ1) is 10.0. The molecule has 1 aliphatic heterocycles. The summed E-state index contributed by atoms with van der Waals surface area (Å²) in [5, 5.41) is 7.95. The normalized spacial score (nSPS) is 17.1. The van der Waals surface area contributed by atoms with Crippen LogP contribution in [0.25, 0.3) is 0 Å². The molecule has 1 fully saturated rings. The lowest BCUT2D eigenvalue weighted by molar-refractivity contribution is -0.119. The summed E-state index contributed by atoms with van der Waals surface area (Å²) in [5.74, 6) is 0.559. The fourth-order valence-corrected chi connectivity index (χ4v) is 2.90. The van der Waals surface area contributed by atoms with Crippen molar-refractivity contribution in [3.63, 3.8) is 0 Å². The number of carbonyl (C=O) groups is 1. The number of amides is 1. The van der Waals surface area contributed by atoms with Crippen molar-refractivity contribution < 1.29 is 9.53 Å². The molecule has 3 N–H and O–H groups in total. The maximum absolute atomic E-state index is 10.9. The summed E-state index contributed by atoms with van der Waals surface area (Å²) in [4.78, 5) is 13.0. The predicted octanol–water partition coefficient (Wildman–Crippen LogP) is -0.224. The summed E-state index contributed by atoms with van der Waals surface area (Å²) in [5.41, 5.74) is 7.33. The third-order valence-corrected chi connectivity index (χ3v) is 4.02. The van der Waals surface area contributed by atoms with Gasteiger partial charge in [-0.05, 0) is 19.8 Å². The van der Waals surface area contributed by atoms with Gasteiger partial charge >= 0.3 is 0 Å². The number of hydrogen-bond donors (Lipinski definition) is 2. The van der Waals surface area contributed by atoms with E-state index in [1.165, 1.54) is 0 Å². The summed E-state index contributed by atoms with van der Waals surface area (Å²) in [6, 6.07) is 0.457. The molecule has 118 valence electrons. The molecule has 0 unspecified atom stereocenters. The summed E-state index contributed by atoms with van der Waals surface area (Å²) in [6.45, 7) is 4.92. The van der Waals surface area contributed by atoms with Gasteiger partial charge in [-0.2, -0.15) is 5.10 Å². The Morgan fingerprint density at radius 1 is 1.48 bits per heavy atom. The molecule has 7 heteroatoms. The van der Waals surface area contributed by atoms with E-state index < -0.39 is 0 Å². The molecule has 0 radical (unpaired) electrons. The molecule has 7 nitrogen and oxygen atoms in total. The molecule has 0 atom stereocenters. The number of primary amides is 1. The van der Waals surface area contributed by atoms with Crippen LogP contribution < -0.4 is 15.8 Å². The molecule has 1 aliphatic rings. The van der Waals surface area contributed by atoms with Crippen molar-refractivity contribution in [1.82, 2.24) is 20.0 Å². The zero-order valence-corrected chi connectivity index (χ0v) is 13.1. The highest BCUT2D eigenvalue weighted by molar-refractivity contribution is 5.75. The number of likely N-dealkylation sites (tertiary alicyclic amines) is 1. The number of ether oxygens (including phenoxy) is 1. The maximum Gasteiger partial charge on any atom is 0.231 e. The second-order valence-electron chi connectivity index (χ2n) is 5.59. The average molecular weight is 295 g/mol. The number of methoxy groups -OCH3 is 1. The first-order valence-electron chi connectivity index (χ1n) is 7.31. The molecule has 1 saturated heterocycles. The van der Waals surface area contributed by atoms with E-state index >= 15 is 0 Å². The molecule has 0 aliphatic carbocycles. The Hall–Kier alpha value is -1.60. The Labute approximate surface area is 125 Å². The standard InChI is InChI=1S/C14H25N5O2/c1-10-12(14(21-3)18(2)17-10)8-16-11-4-6-19(7-5-11)9-13(15)20/h11,16H,4-9H2,1-3H3,(H2,15,20). The smallest absolute Gasteiger partial charge is 0.231 e. The van der Waals surface area contributed by atoms with Crippen LogP contribution in [0.5, 0.6) is 5.88 Å². The van der Waals surface area contributed by atoms with Gasteiger partial charge in [0.25, 0.3) is 0 Å². The second-order valence-corrected chi connectivity index (χ2v) is 5.59. The van der Waals surface area contributed by atoms with Crippen LogP contribution >= 0.6 is 0 Å². The van der Waals surface area contributed by atoms with Crippen LogP contribution in [0.2, 0.25) is 0 Å². The largest absolute Gasteiger partial charge is 0.481 e. The number of nitrogens with zero attached hydrogens (tertiary/aromatic N) is 3. The van der Waals surface area contributed by atoms with Gasteiger partial charge in [-0.1, -0.05) is 0 Å². The van der Waals surface area contributed by atoms with E-state index in [-0.39, 0.29) is 5.91 Å². The van der Waals surface area contributed by atoms with E-state index in [2.05, 4.69) is 15.3 Å². The molecule has 2 rings (SSSR count). The van der Waals surface area contributed by atoms with Crippen molar-refractivity contribution in [3.05, 3.63) is 11.3 Å². The maximum atomic E-state index is 10.9. The van der Waals surface area contributed by atoms with Gasteiger partial charge in [0.15, 0.2) is 0 Å². The first kappa shape index (κ1) is 15.8. The number of hydrogen-bond acceptors (Lipinski definition) is 5. The number of piperidine rings is 1. The van der Waals surface area contributed by atoms with Crippen molar-refractivity contribution in [2.45, 2.75) is 32.4 Å². The number of rotatable bonds is 6. The number of nitrogens with one attached hydrogen (secondary N) is 1. The van der Waals surface area contributed by atoms with E-state index in [1.807, 2.05) is 14.0 Å². The minimum Gasteiger partial charge on any atom is -0.481 e. The van der Waals surface area contributed by atoms with Gasteiger partial charge in [-0.15, -0.1) is 0 Å². The molecule has 0 saturated carbocycles. The number of nitrogens with two attached hydrogens (primary N) is 1. The number of aromatic nitrogens is 2. The van der Waals surface area contributed by atoms with Crippen molar-refractivity contribution >= 4 is 5.91 Å². The first-order valence-corrected chi connectivity index (χ1v) is 7.31. The van der Waals surface area contributed by atoms with Gasteiger partial charge in [0.05, 0.1) is 24.9 Å². The van der Waals surface area contributed by atoms with Gasteiger partial charge in [0, 0.05) is 32.7 Å². The fraction of sp³-hybridized carbons (Fsp3) is 0.714. The van der Waals surface area contributed by atoms with Crippen molar-refractivity contribution in [2.24, 2.45) is 12.8 Å². The van der Waals surface area contributed by atoms with Gasteiger partial charge in [0.1, 0.15) is 0 Å². The number of carbonyl (C=O) groups excluding carboxylic acids is 1. The van der Waals surface area contributed by atoms with Crippen LogP contribution in [0.4, 0.5) is 0 Å². The average Bonchev–Trinajstić information content (AvgIpc) is 2.71. The van der Waals surface area contributed by atoms with Gasteiger partial charge < -0.3 is 15.8 Å². The highest BCUT2D eigenvalue weighted by Gasteiger charge is 2.21. The fourth-order valence-electron chi connectivity index (χ4n) is 2.90. The van der Waals surface area contributed by atoms with Crippen LogP contribution in [-0.4, -0.2) is 53.4 Å². The quantitative estimate of drug-likeness (QED) is 0.757. The van der Waals surface area contributed by atoms with Crippen molar-refractivity contribution in [3.8, 4) is 5.88 Å². The van der Waals surface area contributed by atoms with Crippen molar-refractivity contribution in [2.75, 3.05) is 26.7 Å². The molecule has 0 spiro atoms. The summed E-state index contributed by atoms with van der Waals surface area (Å²) >= 11 is 0. The Morgan fingerprint density at radius 3 is 2.71 bits per heavy atom. The number of aryl methyl sites for hydroxylation is 2. The Kier molecular flexibility index (Phi) is 5.19. The molecule has 1 aromatic rings. The van der Waals surface area contributed by atoms with E-state index in [1.54, 1.807) is 11.8 Å². The van der Waals surface area contributed by atoms with Gasteiger partial charge in [-0.25, -0.2) is 4.68 Å². The topological polar surface area (TPSA) is 85.4 Å². The third kappa shape index (κ3) is 3.95. The molecule has 1 amide bonds. The molecule has 0 aromatic carbocycles. The molecule has 1 aromatic heterocycles. The molecule has 2 heterocycles. The van der Waals surface area contributed by atoms with E-state index in [0.29, 0.717) is 12.6 Å². The molecule has 21 heavy (non-hydrogen) atoms. The lowest BCUT2D eigenvalue weighted by Gasteiger charge is -2.31. The van der Waals surface area contributed by atoms with E-state index in [9.17, 15) is 4.79 Å². The SMILES string of the molecule is COc1c(CNC2CCN(CC(N)=O)CC2)c(C)nn1C. The van der Waals surface area contributed by atoms with E-state index in [0.717, 1.165) is 49.6 Å². The second kappa shape index (κ2) is 6.91. The Bertz CT molecular complexity index is 492. The van der Waals surface area contributed by atoms with Crippen LogP contribution in [0, 0.1) is 6.92 Å². The van der Waals surface area contributed by atoms with Crippen LogP contribution in [-0.2, 0) is 18.4 Å². The van der Waals surface area contributed by atoms with Gasteiger partial charge in [-0.3, -0.25) is 9.69 Å². The van der Waals surface area contributed by atoms with Crippen LogP contribution in [0.3, 0.4) is 0 Å². The van der Waals surface area contributed by atoms with E-state index in [4.69, 9.17) is 10.5 Å². The Balaban J connectivity index is 1.84. The lowest BCUT2D eigenvalue weighted by atomic mass is 10.0. The molecule has 0 bridgehead atoms. The van der Waals surface area contributed by atoms with Crippen LogP contribution in [0.15, 0.2) is 0 Å². The monoisotopic (exact) mass is 295 g/mol. The van der Waals surface area contributed by atoms with Gasteiger partial charge in [0.2, 0.25) is 11.8 Å². The third-order valence-electron chi connectivity index (χ3n) is 4.02. The van der Waals surface area contributed by atoms with Crippen molar-refractivity contribution in [1.29, 1.82) is 0 Å². The summed E-state index contributed by atoms with van der Waals surface area (Å²) in [7, 11) is 3.56. The lowest BCUT2D eigenvalue weighted by Crippen LogP contribution is -2.45. The Morgan fingerprint density at radius 2 is 2.14 bits per heavy atom. The minimum atomic E-state index is -0.253. The minimum absolute atomic E-state index is 0.253. The predicted molar refractivity (Wildman–Crippen MR) is 80.0 cm³/mol. The molecular weight excluding hydrogens is 270 g/mol. The summed E-state index contributed by atoms with van der Waals surface area (Å²) in [6.07, 6.45) is 2.05. The highest BCUT2D eigenvalue weighted by Crippen LogP contribution is 2.21. The summed E-state index contributed by atoms with van der Waals surface area (Å²) < 4.78 is 7.16. The van der Waals surface area contributed by atoms with Crippen LogP contribution in [0.1, 0.15) is 24.1 Å². The zero-order chi connectivity index (χ0) is 15.4. The highest BCUT2D eigenvalue weighted by atomic mass is 16.5. The molecular formula is C14H25N5O2. The zero-order valence-electron chi connectivity index (χ0n) is 13.1.